The van der Waals surface area contributed by atoms with Crippen molar-refractivity contribution >= 4 is 23.4 Å². The number of rotatable bonds is 10. The van der Waals surface area contributed by atoms with Gasteiger partial charge >= 0.3 is 5.97 Å². The number of para-hydroxylation sites is 1. The van der Waals surface area contributed by atoms with Gasteiger partial charge in [0.05, 0.1) is 39.8 Å². The van der Waals surface area contributed by atoms with Gasteiger partial charge in [-0.1, -0.05) is 142 Å². The number of allylic oxidation sites excluding steroid dienone is 1. The van der Waals surface area contributed by atoms with Gasteiger partial charge in [0, 0.05) is 11.3 Å². The summed E-state index contributed by atoms with van der Waals surface area (Å²) in [5, 5.41) is 0. The van der Waals surface area contributed by atoms with Gasteiger partial charge in [-0.05, 0) is 65.8 Å². The number of nitrogens with zero attached hydrogens (tertiary/aromatic N) is 3. The highest BCUT2D eigenvalue weighted by atomic mass is 32.1. The molecule has 0 unspecified atom stereocenters. The number of fused-ring (bicyclic) bond motifs is 1. The Labute approximate surface area is 302 Å². The summed E-state index contributed by atoms with van der Waals surface area (Å²) in [7, 11) is 0. The lowest BCUT2D eigenvalue weighted by Crippen LogP contribution is -2.40. The molecule has 6 nitrogen and oxygen atoms in total. The first kappa shape index (κ1) is 33.9. The lowest BCUT2D eigenvalue weighted by molar-refractivity contribution is -0.139. The largest absolute Gasteiger partial charge is 0.463 e. The summed E-state index contributed by atoms with van der Waals surface area (Å²) >= 11 is 1.36. The minimum atomic E-state index is -0.660. The van der Waals surface area contributed by atoms with Crippen LogP contribution in [0.4, 0.5) is 0 Å². The van der Waals surface area contributed by atoms with E-state index in [2.05, 4.69) is 79.9 Å². The van der Waals surface area contributed by atoms with Crippen molar-refractivity contribution < 1.29 is 9.53 Å². The van der Waals surface area contributed by atoms with Crippen molar-refractivity contribution in [1.29, 1.82) is 0 Å². The van der Waals surface area contributed by atoms with Crippen LogP contribution >= 0.6 is 11.3 Å². The molecule has 0 fully saturated rings. The zero-order valence-corrected chi connectivity index (χ0v) is 30.2. The molecular weight excluding hydrogens is 651 g/mol. The van der Waals surface area contributed by atoms with Crippen LogP contribution in [0.25, 0.3) is 34.3 Å². The first-order valence-corrected chi connectivity index (χ1v) is 18.4. The zero-order valence-electron chi connectivity index (χ0n) is 29.4. The topological polar surface area (TPSA) is 65.6 Å². The number of thiazole rings is 1. The number of esters is 1. The number of benzene rings is 4. The lowest BCUT2D eigenvalue weighted by Gasteiger charge is -2.26. The molecule has 1 atom stereocenters. The third-order valence-electron chi connectivity index (χ3n) is 9.26. The molecule has 0 saturated heterocycles. The van der Waals surface area contributed by atoms with Gasteiger partial charge in [-0.2, -0.15) is 0 Å². The molecule has 256 valence electrons. The standard InChI is InChI=1S/C44H41N3O3S/c1-5-16-36-39(43(49)50-6-2)41(33-25-23-30(24-26-33)29(3)4)47-42(48)38(51-44(47)45-36)28-34-27-37(31-17-10-7-11-18-31)46(35-21-14-9-15-22-35)40(34)32-19-12-8-13-20-32/h7-15,17-29,41H,5-6,16H2,1-4H3/b38-28-/t41-/m1/s1. The summed E-state index contributed by atoms with van der Waals surface area (Å²) in [6.07, 6.45) is 3.38. The third-order valence-corrected chi connectivity index (χ3v) is 10.2. The Hall–Kier alpha value is -5.53. The average molecular weight is 692 g/mol. The quantitative estimate of drug-likeness (QED) is 0.135. The highest BCUT2D eigenvalue weighted by Crippen LogP contribution is 2.37. The third kappa shape index (κ3) is 6.57. The van der Waals surface area contributed by atoms with Crippen LogP contribution in [0, 0.1) is 0 Å². The van der Waals surface area contributed by atoms with E-state index in [1.807, 2.05) is 72.8 Å². The Morgan fingerprint density at radius 2 is 1.49 bits per heavy atom. The smallest absolute Gasteiger partial charge is 0.338 e. The minimum Gasteiger partial charge on any atom is -0.463 e. The van der Waals surface area contributed by atoms with Gasteiger partial charge < -0.3 is 9.30 Å². The molecule has 0 bridgehead atoms. The van der Waals surface area contributed by atoms with Gasteiger partial charge in [-0.15, -0.1) is 0 Å². The monoisotopic (exact) mass is 691 g/mol. The lowest BCUT2D eigenvalue weighted by atomic mass is 9.92. The average Bonchev–Trinajstić information content (AvgIpc) is 3.69. The second-order valence-corrected chi connectivity index (χ2v) is 14.0. The van der Waals surface area contributed by atoms with Crippen LogP contribution in [0.2, 0.25) is 0 Å². The van der Waals surface area contributed by atoms with Crippen LogP contribution in [-0.2, 0) is 9.53 Å². The normalized spacial score (nSPS) is 14.5. The number of ether oxygens (including phenoxy) is 1. The summed E-state index contributed by atoms with van der Waals surface area (Å²) in [5.74, 6) is -0.0877. The first-order chi connectivity index (χ1) is 24.9. The van der Waals surface area contributed by atoms with E-state index in [0.29, 0.717) is 32.9 Å². The van der Waals surface area contributed by atoms with Gasteiger partial charge in [0.2, 0.25) is 0 Å². The van der Waals surface area contributed by atoms with Gasteiger partial charge in [0.15, 0.2) is 4.80 Å². The summed E-state index contributed by atoms with van der Waals surface area (Å²) in [5.41, 5.74) is 8.96. The molecule has 2 aromatic heterocycles. The summed E-state index contributed by atoms with van der Waals surface area (Å²) in [4.78, 5) is 34.0. The van der Waals surface area contributed by atoms with Crippen molar-refractivity contribution in [3.63, 3.8) is 0 Å². The van der Waals surface area contributed by atoms with Crippen molar-refractivity contribution in [3.05, 3.63) is 169 Å². The molecule has 7 heteroatoms. The zero-order chi connectivity index (χ0) is 35.5. The Balaban J connectivity index is 1.51. The maximum absolute atomic E-state index is 14.7. The van der Waals surface area contributed by atoms with Crippen LogP contribution in [0.1, 0.15) is 69.2 Å². The van der Waals surface area contributed by atoms with Crippen LogP contribution in [0.5, 0.6) is 0 Å². The maximum Gasteiger partial charge on any atom is 0.338 e. The summed E-state index contributed by atoms with van der Waals surface area (Å²) < 4.78 is 10.1. The Morgan fingerprint density at radius 3 is 2.10 bits per heavy atom. The van der Waals surface area contributed by atoms with E-state index in [4.69, 9.17) is 9.73 Å². The molecular formula is C44H41N3O3S. The minimum absolute atomic E-state index is 0.193. The molecule has 4 aromatic carbocycles. The van der Waals surface area contributed by atoms with Crippen LogP contribution in [0.3, 0.4) is 0 Å². The molecule has 6 aromatic rings. The Morgan fingerprint density at radius 1 is 0.863 bits per heavy atom. The van der Waals surface area contributed by atoms with Gasteiger partial charge in [0.1, 0.15) is 0 Å². The van der Waals surface area contributed by atoms with E-state index in [1.165, 1.54) is 16.9 Å². The highest BCUT2D eigenvalue weighted by molar-refractivity contribution is 7.07. The van der Waals surface area contributed by atoms with Crippen molar-refractivity contribution in [3.8, 4) is 28.2 Å². The van der Waals surface area contributed by atoms with E-state index in [1.54, 1.807) is 11.5 Å². The number of hydrogen-bond acceptors (Lipinski definition) is 5. The first-order valence-electron chi connectivity index (χ1n) is 17.6. The van der Waals surface area contributed by atoms with E-state index in [0.717, 1.165) is 45.7 Å². The van der Waals surface area contributed by atoms with E-state index < -0.39 is 12.0 Å². The fourth-order valence-electron chi connectivity index (χ4n) is 6.84. The predicted octanol–water partition coefficient (Wildman–Crippen LogP) is 8.83. The Kier molecular flexibility index (Phi) is 9.82. The molecule has 0 radical (unpaired) electrons. The molecule has 0 N–H and O–H groups in total. The molecule has 1 aliphatic rings. The van der Waals surface area contributed by atoms with Gasteiger partial charge in [-0.25, -0.2) is 9.79 Å². The van der Waals surface area contributed by atoms with Crippen LogP contribution in [-0.4, -0.2) is 21.7 Å². The van der Waals surface area contributed by atoms with Crippen LogP contribution in [0.15, 0.2) is 142 Å². The van der Waals surface area contributed by atoms with E-state index >= 15 is 0 Å². The summed E-state index contributed by atoms with van der Waals surface area (Å²) in [6, 6.07) is 40.7. The van der Waals surface area contributed by atoms with Crippen molar-refractivity contribution in [1.82, 2.24) is 9.13 Å². The van der Waals surface area contributed by atoms with Crippen molar-refractivity contribution in [2.75, 3.05) is 6.61 Å². The molecule has 51 heavy (non-hydrogen) atoms. The fraction of sp³-hybridized carbons (Fsp3) is 0.205. The molecule has 1 aliphatic heterocycles. The molecule has 3 heterocycles. The molecule has 0 aliphatic carbocycles. The Bertz CT molecular complexity index is 2390. The molecule has 0 amide bonds. The maximum atomic E-state index is 14.7. The molecule has 0 spiro atoms. The molecule has 7 rings (SSSR count). The van der Waals surface area contributed by atoms with Crippen molar-refractivity contribution in [2.24, 2.45) is 4.99 Å². The molecule has 0 saturated carbocycles. The van der Waals surface area contributed by atoms with E-state index in [-0.39, 0.29) is 12.2 Å². The van der Waals surface area contributed by atoms with E-state index in [9.17, 15) is 9.59 Å². The van der Waals surface area contributed by atoms with Gasteiger partial charge in [0.25, 0.3) is 5.56 Å². The fourth-order valence-corrected chi connectivity index (χ4v) is 7.85. The number of aromatic nitrogens is 2. The second-order valence-electron chi connectivity index (χ2n) is 13.0. The van der Waals surface area contributed by atoms with Crippen LogP contribution < -0.4 is 14.9 Å². The second kappa shape index (κ2) is 14.8. The summed E-state index contributed by atoms with van der Waals surface area (Å²) in [6.45, 7) is 8.41. The number of carbonyl (C=O) groups excluding carboxylic acids is 1. The number of carbonyl (C=O) groups is 1. The number of hydrogen-bond donors (Lipinski definition) is 0. The SMILES string of the molecule is CCCC1=C(C(=O)OCC)[C@@H](c2ccc(C(C)C)cc2)n2c(s/c(=C\c3cc(-c4ccccc4)n(-c4ccccc4)c3-c3ccccc3)c2=O)=N1. The predicted molar refractivity (Wildman–Crippen MR) is 207 cm³/mol. The highest BCUT2D eigenvalue weighted by Gasteiger charge is 2.34. The van der Waals surface area contributed by atoms with Gasteiger partial charge in [-0.3, -0.25) is 9.36 Å². The van der Waals surface area contributed by atoms with Crippen molar-refractivity contribution in [2.45, 2.75) is 52.5 Å².